The molecule has 0 spiro atoms. The number of aromatic nitrogens is 1. The molecule has 33 heavy (non-hydrogen) atoms. The second-order valence-electron chi connectivity index (χ2n) is 8.27. The number of carbonyl (C=O) groups excluding carboxylic acids is 2. The molecule has 0 saturated heterocycles. The number of fused-ring (bicyclic) bond motifs is 1. The van der Waals surface area contributed by atoms with Gasteiger partial charge in [0.05, 0.1) is 12.1 Å². The topological polar surface area (TPSA) is 86.1 Å². The number of anilines is 1. The van der Waals surface area contributed by atoms with Crippen molar-refractivity contribution in [3.63, 3.8) is 0 Å². The summed E-state index contributed by atoms with van der Waals surface area (Å²) in [5.74, 6) is 0.0590. The average Bonchev–Trinajstić information content (AvgIpc) is 3.19. The van der Waals surface area contributed by atoms with Crippen molar-refractivity contribution in [2.75, 3.05) is 11.9 Å². The van der Waals surface area contributed by atoms with Crippen molar-refractivity contribution in [3.05, 3.63) is 82.0 Å². The third kappa shape index (κ3) is 5.47. The molecule has 1 atom stereocenters. The molecule has 3 heterocycles. The van der Waals surface area contributed by atoms with Gasteiger partial charge in [0.15, 0.2) is 0 Å². The first kappa shape index (κ1) is 22.7. The highest BCUT2D eigenvalue weighted by atomic mass is 32.1. The fourth-order valence-electron chi connectivity index (χ4n) is 4.12. The Kier molecular flexibility index (Phi) is 7.16. The number of nitrogens with one attached hydrogen (secondary N) is 1. The van der Waals surface area contributed by atoms with E-state index in [1.807, 2.05) is 60.4 Å². The van der Waals surface area contributed by atoms with E-state index in [2.05, 4.69) is 16.4 Å². The van der Waals surface area contributed by atoms with Gasteiger partial charge in [0, 0.05) is 36.2 Å². The normalized spacial score (nSPS) is 13.6. The molecule has 0 unspecified atom stereocenters. The first-order valence-corrected chi connectivity index (χ1v) is 11.9. The maximum Gasteiger partial charge on any atom is 0.225 e. The number of hydrogen-bond acceptors (Lipinski definition) is 5. The number of pyridine rings is 1. The van der Waals surface area contributed by atoms with Crippen LogP contribution < -0.4 is 5.32 Å². The van der Waals surface area contributed by atoms with Crippen LogP contribution in [0.5, 0.6) is 0 Å². The number of hydrogen-bond donors (Lipinski definition) is 1. The highest BCUT2D eigenvalue weighted by Gasteiger charge is 2.27. The van der Waals surface area contributed by atoms with E-state index >= 15 is 0 Å². The Hall–Kier alpha value is -3.50. The first-order chi connectivity index (χ1) is 16.0. The number of nitrogens with zero attached hydrogens (tertiary/aromatic N) is 3. The zero-order valence-electron chi connectivity index (χ0n) is 18.6. The summed E-state index contributed by atoms with van der Waals surface area (Å²) in [7, 11) is 0. The van der Waals surface area contributed by atoms with Crippen molar-refractivity contribution in [2.45, 2.75) is 45.1 Å². The molecule has 2 amide bonds. The van der Waals surface area contributed by atoms with Crippen LogP contribution in [0.2, 0.25) is 0 Å². The Labute approximate surface area is 197 Å². The molecule has 1 aliphatic rings. The molecule has 1 aromatic carbocycles. The van der Waals surface area contributed by atoms with Crippen LogP contribution in [0.4, 0.5) is 5.00 Å². The minimum atomic E-state index is -0.107. The van der Waals surface area contributed by atoms with E-state index in [0.29, 0.717) is 49.3 Å². The van der Waals surface area contributed by atoms with Crippen molar-refractivity contribution in [1.29, 1.82) is 5.26 Å². The summed E-state index contributed by atoms with van der Waals surface area (Å²) in [6.07, 6.45) is 3.72. The summed E-state index contributed by atoms with van der Waals surface area (Å²) < 4.78 is 0. The van der Waals surface area contributed by atoms with Gasteiger partial charge in [-0.15, -0.1) is 11.3 Å². The average molecular weight is 459 g/mol. The van der Waals surface area contributed by atoms with Gasteiger partial charge < -0.3 is 10.2 Å². The van der Waals surface area contributed by atoms with Gasteiger partial charge in [0.2, 0.25) is 11.8 Å². The summed E-state index contributed by atoms with van der Waals surface area (Å²) in [6, 6.07) is 17.9. The molecule has 4 rings (SSSR count). The lowest BCUT2D eigenvalue weighted by Crippen LogP contribution is -2.35. The summed E-state index contributed by atoms with van der Waals surface area (Å²) in [5.41, 5.74) is 3.51. The molecular formula is C26H26N4O2S. The summed E-state index contributed by atoms with van der Waals surface area (Å²) in [5, 5.41) is 13.3. The van der Waals surface area contributed by atoms with Gasteiger partial charge in [-0.1, -0.05) is 43.3 Å². The van der Waals surface area contributed by atoms with E-state index in [9.17, 15) is 14.9 Å². The van der Waals surface area contributed by atoms with Crippen LogP contribution >= 0.6 is 11.3 Å². The fourth-order valence-corrected chi connectivity index (χ4v) is 5.35. The van der Waals surface area contributed by atoms with Gasteiger partial charge in [-0.05, 0) is 42.0 Å². The largest absolute Gasteiger partial charge is 0.337 e. The summed E-state index contributed by atoms with van der Waals surface area (Å²) in [4.78, 5) is 32.5. The van der Waals surface area contributed by atoms with E-state index in [-0.39, 0.29) is 17.7 Å². The number of carbonyl (C=O) groups is 2. The quantitative estimate of drug-likeness (QED) is 0.558. The molecule has 3 aromatic rings. The first-order valence-electron chi connectivity index (χ1n) is 11.1. The zero-order chi connectivity index (χ0) is 23.2. The lowest BCUT2D eigenvalue weighted by atomic mass is 9.97. The Balaban J connectivity index is 1.39. The Morgan fingerprint density at radius 2 is 2.00 bits per heavy atom. The van der Waals surface area contributed by atoms with Crippen LogP contribution in [0.1, 0.15) is 52.9 Å². The Morgan fingerprint density at radius 1 is 1.21 bits per heavy atom. The smallest absolute Gasteiger partial charge is 0.225 e. The van der Waals surface area contributed by atoms with Crippen molar-refractivity contribution in [1.82, 2.24) is 9.88 Å². The van der Waals surface area contributed by atoms with Crippen molar-refractivity contribution in [2.24, 2.45) is 0 Å². The summed E-state index contributed by atoms with van der Waals surface area (Å²) >= 11 is 1.41. The number of rotatable bonds is 7. The van der Waals surface area contributed by atoms with Crippen LogP contribution in [-0.2, 0) is 29.0 Å². The lowest BCUT2D eigenvalue weighted by Gasteiger charge is -2.27. The molecule has 0 radical (unpaired) electrons. The maximum absolute atomic E-state index is 12.7. The van der Waals surface area contributed by atoms with Gasteiger partial charge in [-0.3, -0.25) is 14.6 Å². The van der Waals surface area contributed by atoms with Crippen molar-refractivity contribution < 1.29 is 9.59 Å². The predicted molar refractivity (Wildman–Crippen MR) is 129 cm³/mol. The van der Waals surface area contributed by atoms with Gasteiger partial charge >= 0.3 is 0 Å². The van der Waals surface area contributed by atoms with Crippen LogP contribution in [-0.4, -0.2) is 28.2 Å². The highest BCUT2D eigenvalue weighted by Crippen LogP contribution is 2.37. The SMILES string of the molecule is C[C@H](CC(=O)Nc1sc2c(c1C#N)CCN(C(=O)CCc1ccccn1)C2)c1ccccc1. The standard InChI is InChI=1S/C26H26N4O2S/c1-18(19-7-3-2-4-8-19)15-24(31)29-26-22(16-27)21-12-14-30(17-23(21)33-26)25(32)11-10-20-9-5-6-13-28-20/h2-9,13,18H,10-12,14-15,17H2,1H3,(H,29,31)/t18-/m1/s1. The predicted octanol–water partition coefficient (Wildman–Crippen LogP) is 4.66. The second kappa shape index (κ2) is 10.4. The van der Waals surface area contributed by atoms with Gasteiger partial charge in [-0.25, -0.2) is 0 Å². The molecular weight excluding hydrogens is 432 g/mol. The number of benzene rings is 1. The van der Waals surface area contributed by atoms with E-state index in [1.165, 1.54) is 11.3 Å². The van der Waals surface area contributed by atoms with Crippen LogP contribution in [0.15, 0.2) is 54.7 Å². The molecule has 0 fully saturated rings. The highest BCUT2D eigenvalue weighted by molar-refractivity contribution is 7.16. The van der Waals surface area contributed by atoms with E-state index < -0.39 is 0 Å². The van der Waals surface area contributed by atoms with E-state index in [1.54, 1.807) is 6.20 Å². The van der Waals surface area contributed by atoms with E-state index in [4.69, 9.17) is 0 Å². The molecule has 2 aromatic heterocycles. The monoisotopic (exact) mass is 458 g/mol. The number of nitriles is 1. The molecule has 168 valence electrons. The number of thiophene rings is 1. The maximum atomic E-state index is 12.7. The zero-order valence-corrected chi connectivity index (χ0v) is 19.4. The number of amides is 2. The Bertz CT molecular complexity index is 1170. The lowest BCUT2D eigenvalue weighted by molar-refractivity contribution is -0.132. The van der Waals surface area contributed by atoms with Crippen LogP contribution in [0.3, 0.4) is 0 Å². The Morgan fingerprint density at radius 3 is 2.73 bits per heavy atom. The van der Waals surface area contributed by atoms with Crippen molar-refractivity contribution in [3.8, 4) is 6.07 Å². The van der Waals surface area contributed by atoms with Gasteiger partial charge in [-0.2, -0.15) is 5.26 Å². The number of aryl methyl sites for hydroxylation is 1. The molecule has 6 nitrogen and oxygen atoms in total. The van der Waals surface area contributed by atoms with Gasteiger partial charge in [0.1, 0.15) is 11.1 Å². The van der Waals surface area contributed by atoms with Crippen LogP contribution in [0, 0.1) is 11.3 Å². The molecule has 1 N–H and O–H groups in total. The molecule has 0 aliphatic carbocycles. The van der Waals surface area contributed by atoms with Crippen LogP contribution in [0.25, 0.3) is 0 Å². The minimum absolute atomic E-state index is 0.0820. The molecule has 7 heteroatoms. The van der Waals surface area contributed by atoms with E-state index in [0.717, 1.165) is 21.7 Å². The molecule has 1 aliphatic heterocycles. The van der Waals surface area contributed by atoms with Crippen molar-refractivity contribution >= 4 is 28.2 Å². The summed E-state index contributed by atoms with van der Waals surface area (Å²) in [6.45, 7) is 3.08. The third-order valence-corrected chi connectivity index (χ3v) is 7.09. The fraction of sp³-hybridized carbons (Fsp3) is 0.308. The van der Waals surface area contributed by atoms with Gasteiger partial charge in [0.25, 0.3) is 0 Å². The molecule has 0 bridgehead atoms. The minimum Gasteiger partial charge on any atom is -0.337 e. The second-order valence-corrected chi connectivity index (χ2v) is 9.38. The third-order valence-electron chi connectivity index (χ3n) is 5.96. The molecule has 0 saturated carbocycles.